The Labute approximate surface area is 173 Å². The second kappa shape index (κ2) is 7.86. The van der Waals surface area contributed by atoms with E-state index in [4.69, 9.17) is 16.3 Å². The Morgan fingerprint density at radius 1 is 1.13 bits per heavy atom. The van der Waals surface area contributed by atoms with Gasteiger partial charge in [0.05, 0.1) is 22.3 Å². The second-order valence-corrected chi connectivity index (χ2v) is 6.81. The largest absolute Gasteiger partial charge is 0.480 e. The fraction of sp³-hybridized carbons (Fsp3) is 0.211. The van der Waals surface area contributed by atoms with Gasteiger partial charge in [-0.05, 0) is 25.5 Å². The van der Waals surface area contributed by atoms with Gasteiger partial charge in [0.15, 0.2) is 17.7 Å². The van der Waals surface area contributed by atoms with Gasteiger partial charge in [-0.3, -0.25) is 0 Å². The fourth-order valence-electron chi connectivity index (χ4n) is 2.88. The summed E-state index contributed by atoms with van der Waals surface area (Å²) in [6.07, 6.45) is 4.35. The summed E-state index contributed by atoms with van der Waals surface area (Å²) in [6.45, 7) is 0.503. The van der Waals surface area contributed by atoms with Crippen molar-refractivity contribution in [2.45, 2.75) is 26.5 Å². The number of rotatable bonds is 5. The van der Waals surface area contributed by atoms with Gasteiger partial charge in [0.1, 0.15) is 23.9 Å². The van der Waals surface area contributed by atoms with Crippen molar-refractivity contribution in [1.29, 1.82) is 0 Å². The van der Waals surface area contributed by atoms with Gasteiger partial charge >= 0.3 is 6.55 Å². The van der Waals surface area contributed by atoms with Crippen LogP contribution in [0.25, 0.3) is 22.2 Å². The lowest BCUT2D eigenvalue weighted by Crippen LogP contribution is -2.08. The van der Waals surface area contributed by atoms with Gasteiger partial charge < -0.3 is 4.74 Å². The minimum absolute atomic E-state index is 0.00569. The molecule has 0 fully saturated rings. The number of hydrogen-bond acceptors (Lipinski definition) is 6. The summed E-state index contributed by atoms with van der Waals surface area (Å²) in [7, 11) is 0. The van der Waals surface area contributed by atoms with Gasteiger partial charge in [-0.2, -0.15) is 13.5 Å². The van der Waals surface area contributed by atoms with Crippen molar-refractivity contribution in [2.75, 3.05) is 0 Å². The van der Waals surface area contributed by atoms with Gasteiger partial charge in [0.2, 0.25) is 0 Å². The molecule has 0 aliphatic carbocycles. The maximum Gasteiger partial charge on any atom is 0.334 e. The summed E-state index contributed by atoms with van der Waals surface area (Å²) < 4.78 is 46.5. The highest BCUT2D eigenvalue weighted by Crippen LogP contribution is 2.35. The van der Waals surface area contributed by atoms with E-state index in [0.29, 0.717) is 21.1 Å². The summed E-state index contributed by atoms with van der Waals surface area (Å²) in [5, 5.41) is 4.16. The van der Waals surface area contributed by atoms with Crippen LogP contribution in [-0.2, 0) is 0 Å². The summed E-state index contributed by atoms with van der Waals surface area (Å²) in [5.74, 6) is -0.262. The number of ether oxygens (including phenoxy) is 1. The quantitative estimate of drug-likeness (QED) is 0.443. The summed E-state index contributed by atoms with van der Waals surface area (Å²) in [4.78, 5) is 16.4. The van der Waals surface area contributed by atoms with Crippen LogP contribution in [0.3, 0.4) is 0 Å². The molecule has 0 saturated carbocycles. The van der Waals surface area contributed by atoms with E-state index in [1.165, 1.54) is 18.7 Å². The number of nitrogens with zero attached hydrogens (tertiary/aromatic N) is 6. The Kier molecular flexibility index (Phi) is 5.25. The average Bonchev–Trinajstić information content (AvgIpc) is 3.24. The molecule has 4 aromatic rings. The Bertz CT molecular complexity index is 1230. The van der Waals surface area contributed by atoms with Gasteiger partial charge in [0.25, 0.3) is 0 Å². The molecule has 1 aromatic carbocycles. The van der Waals surface area contributed by atoms with Crippen molar-refractivity contribution in [1.82, 2.24) is 29.7 Å². The molecule has 7 nitrogen and oxygen atoms in total. The number of fused-ring (bicyclic) bond motifs is 1. The van der Waals surface area contributed by atoms with E-state index >= 15 is 0 Å². The molecule has 11 heteroatoms. The maximum absolute atomic E-state index is 14.7. The first-order chi connectivity index (χ1) is 14.4. The van der Waals surface area contributed by atoms with Crippen molar-refractivity contribution >= 4 is 22.5 Å². The predicted octanol–water partition coefficient (Wildman–Crippen LogP) is 4.92. The third kappa shape index (κ3) is 3.54. The van der Waals surface area contributed by atoms with Crippen molar-refractivity contribution < 1.29 is 17.9 Å². The monoisotopic (exact) mass is 434 g/mol. The highest BCUT2D eigenvalue weighted by molar-refractivity contribution is 6.31. The normalized spacial score (nSPS) is 12.5. The lowest BCUT2D eigenvalue weighted by atomic mass is 10.1. The van der Waals surface area contributed by atoms with Crippen LogP contribution in [0, 0.1) is 12.7 Å². The fourth-order valence-corrected chi connectivity index (χ4v) is 3.05. The molecule has 0 aliphatic rings. The van der Waals surface area contributed by atoms with Crippen LogP contribution in [0.2, 0.25) is 5.02 Å². The zero-order chi connectivity index (χ0) is 21.4. The van der Waals surface area contributed by atoms with E-state index in [0.717, 1.165) is 6.33 Å². The first kappa shape index (κ1) is 20.0. The molecule has 0 aliphatic heterocycles. The number of aromatic nitrogens is 6. The zero-order valence-electron chi connectivity index (χ0n) is 15.7. The van der Waals surface area contributed by atoms with Gasteiger partial charge in [-0.25, -0.2) is 24.3 Å². The van der Waals surface area contributed by atoms with Crippen LogP contribution in [-0.4, -0.2) is 29.7 Å². The standard InChI is InChI=1S/C19H14ClF3N6O/c1-9-3-4-11(15(21)14(9)20)16-17-12(5-24-7-26-17)13(6-25-16)30-10(2)18-27-8-29(28-18)19(22)23/h3-8,10,19H,1-2H3/t10-/m0/s1. The van der Waals surface area contributed by atoms with Crippen LogP contribution >= 0.6 is 11.6 Å². The lowest BCUT2D eigenvalue weighted by molar-refractivity contribution is 0.0550. The van der Waals surface area contributed by atoms with E-state index in [2.05, 4.69) is 25.0 Å². The number of hydrogen-bond donors (Lipinski definition) is 0. The van der Waals surface area contributed by atoms with E-state index in [1.54, 1.807) is 26.0 Å². The van der Waals surface area contributed by atoms with E-state index in [-0.39, 0.29) is 27.9 Å². The lowest BCUT2D eigenvalue weighted by Gasteiger charge is -2.15. The van der Waals surface area contributed by atoms with Crippen LogP contribution in [0.4, 0.5) is 13.2 Å². The van der Waals surface area contributed by atoms with Crippen LogP contribution in [0.5, 0.6) is 5.75 Å². The molecule has 0 amide bonds. The predicted molar refractivity (Wildman–Crippen MR) is 103 cm³/mol. The SMILES string of the molecule is Cc1ccc(-c2ncc(O[C@@H](C)c3ncn(C(F)F)n3)c3cncnc23)c(F)c1Cl. The van der Waals surface area contributed by atoms with Crippen LogP contribution < -0.4 is 4.74 Å². The van der Waals surface area contributed by atoms with E-state index < -0.39 is 18.5 Å². The molecule has 1 atom stereocenters. The topological polar surface area (TPSA) is 78.6 Å². The molecule has 3 heterocycles. The van der Waals surface area contributed by atoms with Gasteiger partial charge in [-0.1, -0.05) is 17.7 Å². The van der Waals surface area contributed by atoms with Crippen molar-refractivity contribution in [3.63, 3.8) is 0 Å². The van der Waals surface area contributed by atoms with E-state index in [9.17, 15) is 13.2 Å². The van der Waals surface area contributed by atoms with Gasteiger partial charge in [0, 0.05) is 11.8 Å². The molecule has 3 aromatic heterocycles. The zero-order valence-corrected chi connectivity index (χ0v) is 16.5. The first-order valence-corrected chi connectivity index (χ1v) is 9.14. The van der Waals surface area contributed by atoms with Crippen molar-refractivity contribution in [3.05, 3.63) is 59.4 Å². The number of halogens is 4. The molecule has 0 radical (unpaired) electrons. The second-order valence-electron chi connectivity index (χ2n) is 6.43. The number of benzene rings is 1. The summed E-state index contributed by atoms with van der Waals surface area (Å²) in [5.41, 5.74) is 1.40. The first-order valence-electron chi connectivity index (χ1n) is 8.76. The highest BCUT2D eigenvalue weighted by atomic mass is 35.5. The Balaban J connectivity index is 1.75. The molecule has 0 N–H and O–H groups in total. The molecule has 0 bridgehead atoms. The summed E-state index contributed by atoms with van der Waals surface area (Å²) in [6, 6.07) is 3.26. The minimum Gasteiger partial charge on any atom is -0.480 e. The Morgan fingerprint density at radius 2 is 1.93 bits per heavy atom. The molecule has 154 valence electrons. The third-order valence-electron chi connectivity index (χ3n) is 4.44. The molecule has 30 heavy (non-hydrogen) atoms. The van der Waals surface area contributed by atoms with Crippen LogP contribution in [0.1, 0.15) is 31.0 Å². The van der Waals surface area contributed by atoms with Gasteiger partial charge in [-0.15, -0.1) is 5.10 Å². The third-order valence-corrected chi connectivity index (χ3v) is 4.90. The minimum atomic E-state index is -2.80. The van der Waals surface area contributed by atoms with Crippen LogP contribution in [0.15, 0.2) is 37.2 Å². The average molecular weight is 435 g/mol. The molecule has 4 rings (SSSR count). The molecule has 0 unspecified atom stereocenters. The number of aryl methyl sites for hydroxylation is 1. The highest BCUT2D eigenvalue weighted by Gasteiger charge is 2.20. The summed E-state index contributed by atoms with van der Waals surface area (Å²) >= 11 is 6.05. The van der Waals surface area contributed by atoms with Crippen molar-refractivity contribution in [2.24, 2.45) is 0 Å². The molecule has 0 spiro atoms. The van der Waals surface area contributed by atoms with E-state index in [1.807, 2.05) is 0 Å². The Hall–Kier alpha value is -3.27. The molecular weight excluding hydrogens is 421 g/mol. The Morgan fingerprint density at radius 3 is 2.67 bits per heavy atom. The molecule has 0 saturated heterocycles. The molecular formula is C19H14ClF3N6O. The maximum atomic E-state index is 14.7. The smallest absolute Gasteiger partial charge is 0.334 e. The number of pyridine rings is 1. The van der Waals surface area contributed by atoms with Crippen molar-refractivity contribution in [3.8, 4) is 17.0 Å². The number of alkyl halides is 2.